The van der Waals surface area contributed by atoms with Gasteiger partial charge in [0.1, 0.15) is 12.4 Å². The van der Waals surface area contributed by atoms with Crippen molar-refractivity contribution in [2.24, 2.45) is 0 Å². The van der Waals surface area contributed by atoms with Gasteiger partial charge in [0.25, 0.3) is 0 Å². The van der Waals surface area contributed by atoms with Crippen molar-refractivity contribution in [3.05, 3.63) is 64.2 Å². The highest BCUT2D eigenvalue weighted by Gasteiger charge is 2.09. The Kier molecular flexibility index (Phi) is 4.61. The number of alkyl halides is 1. The van der Waals surface area contributed by atoms with E-state index in [9.17, 15) is 8.78 Å². The maximum absolute atomic E-state index is 13.4. The Morgan fingerprint density at radius 2 is 1.89 bits per heavy atom. The van der Waals surface area contributed by atoms with Crippen LogP contribution in [0.2, 0.25) is 5.02 Å². The molecule has 2 rings (SSSR count). The van der Waals surface area contributed by atoms with Crippen LogP contribution in [0.4, 0.5) is 8.78 Å². The van der Waals surface area contributed by atoms with Crippen LogP contribution in [0.5, 0.6) is 5.75 Å². The van der Waals surface area contributed by atoms with Crippen molar-refractivity contribution < 1.29 is 13.5 Å². The van der Waals surface area contributed by atoms with Crippen LogP contribution in [-0.2, 0) is 12.5 Å². The van der Waals surface area contributed by atoms with Gasteiger partial charge in [0, 0.05) is 11.4 Å². The molecule has 0 aliphatic heterocycles. The van der Waals surface area contributed by atoms with Crippen LogP contribution in [0.15, 0.2) is 36.4 Å². The van der Waals surface area contributed by atoms with E-state index < -0.39 is 11.6 Å². The molecule has 0 aliphatic carbocycles. The molecule has 100 valence electrons. The largest absolute Gasteiger partial charge is 0.487 e. The lowest BCUT2D eigenvalue weighted by atomic mass is 10.2. The summed E-state index contributed by atoms with van der Waals surface area (Å²) in [4.78, 5) is 0. The summed E-state index contributed by atoms with van der Waals surface area (Å²) in [5, 5.41) is 0.384. The average Bonchev–Trinajstić information content (AvgIpc) is 2.41. The fourth-order valence-electron chi connectivity index (χ4n) is 1.56. The summed E-state index contributed by atoms with van der Waals surface area (Å²) in [5.74, 6) is -1.06. The molecular weight excluding hydrogens is 293 g/mol. The van der Waals surface area contributed by atoms with Crippen molar-refractivity contribution >= 4 is 23.2 Å². The molecule has 0 heterocycles. The van der Waals surface area contributed by atoms with E-state index in [1.165, 1.54) is 12.1 Å². The van der Waals surface area contributed by atoms with Gasteiger partial charge in [-0.25, -0.2) is 8.78 Å². The van der Waals surface area contributed by atoms with Gasteiger partial charge in [0.2, 0.25) is 0 Å². The maximum atomic E-state index is 13.4. The first-order valence-corrected chi connectivity index (χ1v) is 6.43. The zero-order valence-corrected chi connectivity index (χ0v) is 11.3. The quantitative estimate of drug-likeness (QED) is 0.727. The van der Waals surface area contributed by atoms with Crippen molar-refractivity contribution in [1.29, 1.82) is 0 Å². The molecule has 0 atom stereocenters. The van der Waals surface area contributed by atoms with E-state index in [1.54, 1.807) is 18.2 Å². The number of halogens is 4. The van der Waals surface area contributed by atoms with Crippen LogP contribution in [0.1, 0.15) is 11.1 Å². The van der Waals surface area contributed by atoms with Gasteiger partial charge in [-0.05, 0) is 23.8 Å². The second kappa shape index (κ2) is 6.22. The molecule has 0 fully saturated rings. The maximum Gasteiger partial charge on any atom is 0.165 e. The minimum Gasteiger partial charge on any atom is -0.487 e. The van der Waals surface area contributed by atoms with Crippen LogP contribution in [0.3, 0.4) is 0 Å². The van der Waals surface area contributed by atoms with Crippen LogP contribution >= 0.6 is 23.2 Å². The highest BCUT2D eigenvalue weighted by molar-refractivity contribution is 6.32. The minimum atomic E-state index is -0.906. The number of benzene rings is 2. The Hall–Kier alpha value is -1.32. The smallest absolute Gasteiger partial charge is 0.165 e. The second-order valence-corrected chi connectivity index (χ2v) is 4.57. The molecule has 0 aliphatic rings. The van der Waals surface area contributed by atoms with Crippen LogP contribution in [0.25, 0.3) is 0 Å². The third kappa shape index (κ3) is 3.37. The Morgan fingerprint density at radius 1 is 1.11 bits per heavy atom. The lowest BCUT2D eigenvalue weighted by Gasteiger charge is -2.09. The average molecular weight is 303 g/mol. The van der Waals surface area contributed by atoms with Crippen LogP contribution in [-0.4, -0.2) is 0 Å². The standard InChI is InChI=1S/C14H10Cl2F2O/c15-7-9-4-5-13(11(16)6-9)19-8-10-2-1-3-12(17)14(10)18/h1-6H,7-8H2. The number of hydrogen-bond acceptors (Lipinski definition) is 1. The van der Waals surface area contributed by atoms with Gasteiger partial charge in [-0.15, -0.1) is 11.6 Å². The zero-order chi connectivity index (χ0) is 13.8. The first-order chi connectivity index (χ1) is 9.11. The predicted molar refractivity (Wildman–Crippen MR) is 71.7 cm³/mol. The summed E-state index contributed by atoms with van der Waals surface area (Å²) in [6.07, 6.45) is 0. The fraction of sp³-hybridized carbons (Fsp3) is 0.143. The topological polar surface area (TPSA) is 9.23 Å². The molecule has 0 amide bonds. The summed E-state index contributed by atoms with van der Waals surface area (Å²) in [7, 11) is 0. The summed E-state index contributed by atoms with van der Waals surface area (Å²) < 4.78 is 31.8. The number of ether oxygens (including phenoxy) is 1. The van der Waals surface area contributed by atoms with Crippen LogP contribution in [0, 0.1) is 11.6 Å². The number of rotatable bonds is 4. The van der Waals surface area contributed by atoms with Crippen molar-refractivity contribution in [3.8, 4) is 5.75 Å². The normalized spacial score (nSPS) is 10.5. The highest BCUT2D eigenvalue weighted by Crippen LogP contribution is 2.27. The van der Waals surface area contributed by atoms with E-state index >= 15 is 0 Å². The highest BCUT2D eigenvalue weighted by atomic mass is 35.5. The van der Waals surface area contributed by atoms with Crippen molar-refractivity contribution in [3.63, 3.8) is 0 Å². The molecule has 0 radical (unpaired) electrons. The SMILES string of the molecule is Fc1cccc(COc2ccc(CCl)cc2Cl)c1F. The summed E-state index contributed by atoms with van der Waals surface area (Å²) in [6.45, 7) is -0.0937. The Labute approximate surface area is 119 Å². The van der Waals surface area contributed by atoms with Crippen molar-refractivity contribution in [2.45, 2.75) is 12.5 Å². The molecule has 2 aromatic rings. The minimum absolute atomic E-state index is 0.0937. The van der Waals surface area contributed by atoms with Crippen molar-refractivity contribution in [2.75, 3.05) is 0 Å². The summed E-state index contributed by atoms with van der Waals surface area (Å²) in [6, 6.07) is 9.02. The van der Waals surface area contributed by atoms with Gasteiger partial charge in [0.15, 0.2) is 11.6 Å². The van der Waals surface area contributed by atoms with Gasteiger partial charge in [-0.2, -0.15) is 0 Å². The molecule has 5 heteroatoms. The molecular formula is C14H10Cl2F2O. The fourth-order valence-corrected chi connectivity index (χ4v) is 1.98. The third-order valence-electron chi connectivity index (χ3n) is 2.57. The Balaban J connectivity index is 2.12. The monoisotopic (exact) mass is 302 g/mol. The van der Waals surface area contributed by atoms with Gasteiger partial charge in [-0.1, -0.05) is 29.8 Å². The third-order valence-corrected chi connectivity index (χ3v) is 3.17. The van der Waals surface area contributed by atoms with E-state index in [2.05, 4.69) is 0 Å². The lowest BCUT2D eigenvalue weighted by Crippen LogP contribution is -2.00. The zero-order valence-electron chi connectivity index (χ0n) is 9.80. The van der Waals surface area contributed by atoms with Crippen LogP contribution < -0.4 is 4.74 Å². The first kappa shape index (κ1) is 14.1. The summed E-state index contributed by atoms with van der Waals surface area (Å²) >= 11 is 11.7. The van der Waals surface area contributed by atoms with E-state index in [0.717, 1.165) is 11.6 Å². The van der Waals surface area contributed by atoms with E-state index in [4.69, 9.17) is 27.9 Å². The lowest BCUT2D eigenvalue weighted by molar-refractivity contribution is 0.297. The molecule has 0 spiro atoms. The molecule has 0 bridgehead atoms. The van der Waals surface area contributed by atoms with Gasteiger partial charge in [0.05, 0.1) is 5.02 Å². The first-order valence-electron chi connectivity index (χ1n) is 5.52. The van der Waals surface area contributed by atoms with E-state index in [-0.39, 0.29) is 12.2 Å². The predicted octanol–water partition coefficient (Wildman–Crippen LogP) is 4.94. The van der Waals surface area contributed by atoms with Gasteiger partial charge in [-0.3, -0.25) is 0 Å². The molecule has 2 aromatic carbocycles. The molecule has 0 unspecified atom stereocenters. The van der Waals surface area contributed by atoms with E-state index in [0.29, 0.717) is 16.7 Å². The molecule has 19 heavy (non-hydrogen) atoms. The molecule has 0 saturated heterocycles. The van der Waals surface area contributed by atoms with Gasteiger partial charge >= 0.3 is 0 Å². The molecule has 1 nitrogen and oxygen atoms in total. The number of hydrogen-bond donors (Lipinski definition) is 0. The summed E-state index contributed by atoms with van der Waals surface area (Å²) in [5.41, 5.74) is 0.994. The van der Waals surface area contributed by atoms with Crippen molar-refractivity contribution in [1.82, 2.24) is 0 Å². The van der Waals surface area contributed by atoms with Gasteiger partial charge < -0.3 is 4.74 Å². The second-order valence-electron chi connectivity index (χ2n) is 3.90. The molecule has 0 aromatic heterocycles. The Bertz CT molecular complexity index is 588. The molecule has 0 N–H and O–H groups in total. The Morgan fingerprint density at radius 3 is 2.58 bits per heavy atom. The van der Waals surface area contributed by atoms with E-state index in [1.807, 2.05) is 0 Å². The molecule has 0 saturated carbocycles.